The van der Waals surface area contributed by atoms with Crippen LogP contribution in [-0.2, 0) is 16.2 Å². The highest BCUT2D eigenvalue weighted by atomic mass is 28.3. The van der Waals surface area contributed by atoms with E-state index in [0.29, 0.717) is 17.4 Å². The first-order valence-corrected chi connectivity index (χ1v) is 11.4. The molecule has 0 fully saturated rings. The zero-order valence-corrected chi connectivity index (χ0v) is 15.4. The molecule has 0 aliphatic heterocycles. The van der Waals surface area contributed by atoms with Crippen molar-refractivity contribution in [1.29, 1.82) is 0 Å². The summed E-state index contributed by atoms with van der Waals surface area (Å²) in [4.78, 5) is 23.9. The van der Waals surface area contributed by atoms with Gasteiger partial charge in [0, 0.05) is 14.7 Å². The zero-order valence-electron chi connectivity index (χ0n) is 14.4. The highest BCUT2D eigenvalue weighted by Crippen LogP contribution is 2.20. The molecule has 0 radical (unpaired) electrons. The van der Waals surface area contributed by atoms with Crippen molar-refractivity contribution in [3.05, 3.63) is 34.6 Å². The van der Waals surface area contributed by atoms with E-state index in [1.54, 1.807) is 24.3 Å². The molecule has 1 aromatic carbocycles. The molecule has 2 rings (SSSR count). The Kier molecular flexibility index (Phi) is 5.74. The van der Waals surface area contributed by atoms with Crippen LogP contribution in [0.4, 0.5) is 4.79 Å². The smallest absolute Gasteiger partial charge is 0.437 e. The Hall–Kier alpha value is -2.19. The molecule has 0 atom stereocenters. The summed E-state index contributed by atoms with van der Waals surface area (Å²) in [5.74, 6) is 0.0193. The molecular formula is C16H22N2O5Si. The maximum absolute atomic E-state index is 12.5. The fourth-order valence-corrected chi connectivity index (χ4v) is 2.77. The van der Waals surface area contributed by atoms with Crippen molar-refractivity contribution < 1.29 is 19.0 Å². The predicted octanol–water partition coefficient (Wildman–Crippen LogP) is 2.85. The van der Waals surface area contributed by atoms with Gasteiger partial charge in [0.2, 0.25) is 0 Å². The second-order valence-electron chi connectivity index (χ2n) is 6.56. The molecule has 0 saturated heterocycles. The van der Waals surface area contributed by atoms with Crippen molar-refractivity contribution in [3.63, 3.8) is 0 Å². The molecule has 24 heavy (non-hydrogen) atoms. The average Bonchev–Trinajstić information content (AvgIpc) is 2.54. The molecule has 0 N–H and O–H groups in total. The van der Waals surface area contributed by atoms with Crippen molar-refractivity contribution in [2.75, 3.05) is 13.7 Å². The number of rotatable bonds is 6. The van der Waals surface area contributed by atoms with E-state index in [0.717, 1.165) is 10.7 Å². The van der Waals surface area contributed by atoms with Crippen LogP contribution >= 0.6 is 0 Å². The number of ether oxygens (including phenoxy) is 3. The fourth-order valence-electron chi connectivity index (χ4n) is 2.02. The molecule has 0 amide bonds. The molecule has 1 heterocycles. The summed E-state index contributed by atoms with van der Waals surface area (Å²) in [6, 6.07) is 7.78. The van der Waals surface area contributed by atoms with Crippen LogP contribution in [0.15, 0.2) is 29.1 Å². The average molecular weight is 350 g/mol. The van der Waals surface area contributed by atoms with Crippen molar-refractivity contribution in [2.45, 2.75) is 32.4 Å². The largest absolute Gasteiger partial charge is 0.514 e. The summed E-state index contributed by atoms with van der Waals surface area (Å²) >= 11 is 0. The topological polar surface area (TPSA) is 79.7 Å². The molecular weight excluding hydrogens is 328 g/mol. The number of carbonyl (C=O) groups excluding carboxylic acids is 1. The Labute approximate surface area is 141 Å². The van der Waals surface area contributed by atoms with E-state index in [1.807, 2.05) is 0 Å². The van der Waals surface area contributed by atoms with Gasteiger partial charge in [-0.25, -0.2) is 4.79 Å². The Morgan fingerprint density at radius 2 is 1.88 bits per heavy atom. The predicted molar refractivity (Wildman–Crippen MR) is 93.1 cm³/mol. The fraction of sp³-hybridized carbons (Fsp3) is 0.438. The van der Waals surface area contributed by atoms with E-state index in [9.17, 15) is 9.59 Å². The van der Waals surface area contributed by atoms with Gasteiger partial charge in [-0.15, -0.1) is 5.10 Å². The third-order valence-electron chi connectivity index (χ3n) is 3.39. The standard InChI is InChI=1S/C16H22N2O5Si/c1-21-16(20)23-14-12-7-5-6-8-13(12)15(19)18(17-14)11-22-9-10-24(2,3)4/h5-8H,9-11H2,1-4H3. The summed E-state index contributed by atoms with van der Waals surface area (Å²) in [5.41, 5.74) is -0.296. The van der Waals surface area contributed by atoms with E-state index < -0.39 is 14.2 Å². The Balaban J connectivity index is 2.27. The summed E-state index contributed by atoms with van der Waals surface area (Å²) in [7, 11) is -0.000620. The third kappa shape index (κ3) is 4.65. The van der Waals surface area contributed by atoms with Crippen molar-refractivity contribution >= 4 is 25.0 Å². The number of methoxy groups -OCH3 is 1. The van der Waals surface area contributed by atoms with Gasteiger partial charge in [-0.1, -0.05) is 31.8 Å². The molecule has 2 aromatic rings. The lowest BCUT2D eigenvalue weighted by atomic mass is 10.2. The number of nitrogens with zero attached hydrogens (tertiary/aromatic N) is 2. The van der Waals surface area contributed by atoms with Crippen LogP contribution < -0.4 is 10.3 Å². The lowest BCUT2D eigenvalue weighted by Crippen LogP contribution is -2.27. The number of hydrogen-bond donors (Lipinski definition) is 0. The summed E-state index contributed by atoms with van der Waals surface area (Å²) in [6.45, 7) is 7.31. The molecule has 1 aromatic heterocycles. The highest BCUT2D eigenvalue weighted by Gasteiger charge is 2.16. The summed E-state index contributed by atoms with van der Waals surface area (Å²) in [5, 5.41) is 4.94. The number of fused-ring (bicyclic) bond motifs is 1. The lowest BCUT2D eigenvalue weighted by Gasteiger charge is -2.16. The molecule has 130 valence electrons. The number of aromatic nitrogens is 2. The van der Waals surface area contributed by atoms with Gasteiger partial charge in [0.05, 0.1) is 17.9 Å². The molecule has 0 bridgehead atoms. The zero-order chi connectivity index (χ0) is 17.7. The van der Waals surface area contributed by atoms with Crippen LogP contribution in [0.1, 0.15) is 0 Å². The van der Waals surface area contributed by atoms with E-state index in [4.69, 9.17) is 9.47 Å². The molecule has 8 heteroatoms. The van der Waals surface area contributed by atoms with Crippen LogP contribution in [0.2, 0.25) is 25.7 Å². The summed E-state index contributed by atoms with van der Waals surface area (Å²) < 4.78 is 16.3. The first kappa shape index (κ1) is 18.1. The first-order valence-electron chi connectivity index (χ1n) is 7.65. The highest BCUT2D eigenvalue weighted by molar-refractivity contribution is 6.76. The van der Waals surface area contributed by atoms with Crippen molar-refractivity contribution in [2.24, 2.45) is 0 Å². The SMILES string of the molecule is COC(=O)Oc1nn(COCC[Si](C)(C)C)c(=O)c2ccccc12. The maximum atomic E-state index is 12.5. The van der Waals surface area contributed by atoms with Gasteiger partial charge in [0.1, 0.15) is 6.73 Å². The normalized spacial score (nSPS) is 11.5. The van der Waals surface area contributed by atoms with Crippen LogP contribution in [0.25, 0.3) is 10.8 Å². The quantitative estimate of drug-likeness (QED) is 0.453. The molecule has 0 unspecified atom stereocenters. The third-order valence-corrected chi connectivity index (χ3v) is 5.09. The van der Waals surface area contributed by atoms with Gasteiger partial charge < -0.3 is 14.2 Å². The Bertz CT molecular complexity index is 782. The molecule has 0 saturated carbocycles. The molecule has 7 nitrogen and oxygen atoms in total. The Morgan fingerprint density at radius 3 is 2.50 bits per heavy atom. The minimum Gasteiger partial charge on any atom is -0.437 e. The number of carbonyl (C=O) groups is 1. The van der Waals surface area contributed by atoms with Gasteiger partial charge in [-0.3, -0.25) is 4.79 Å². The van der Waals surface area contributed by atoms with E-state index in [2.05, 4.69) is 29.5 Å². The van der Waals surface area contributed by atoms with E-state index in [-0.39, 0.29) is 18.2 Å². The number of hydrogen-bond acceptors (Lipinski definition) is 6. The van der Waals surface area contributed by atoms with Gasteiger partial charge >= 0.3 is 6.16 Å². The van der Waals surface area contributed by atoms with E-state index >= 15 is 0 Å². The second kappa shape index (κ2) is 7.58. The van der Waals surface area contributed by atoms with Gasteiger partial charge in [-0.05, 0) is 18.2 Å². The first-order chi connectivity index (χ1) is 11.3. The molecule has 0 spiro atoms. The molecule has 0 aliphatic rings. The maximum Gasteiger partial charge on any atom is 0.514 e. The van der Waals surface area contributed by atoms with E-state index in [1.165, 1.54) is 7.11 Å². The minimum atomic E-state index is -1.21. The number of benzene rings is 1. The monoisotopic (exact) mass is 350 g/mol. The lowest BCUT2D eigenvalue weighted by molar-refractivity contribution is 0.0727. The van der Waals surface area contributed by atoms with Crippen LogP contribution in [0, 0.1) is 0 Å². The van der Waals surface area contributed by atoms with Crippen LogP contribution in [-0.4, -0.2) is 37.7 Å². The van der Waals surface area contributed by atoms with Gasteiger partial charge in [-0.2, -0.15) is 4.68 Å². The van der Waals surface area contributed by atoms with Crippen LogP contribution in [0.3, 0.4) is 0 Å². The Morgan fingerprint density at radius 1 is 1.21 bits per heavy atom. The summed E-state index contributed by atoms with van der Waals surface area (Å²) in [6.07, 6.45) is -0.891. The van der Waals surface area contributed by atoms with Crippen molar-refractivity contribution in [1.82, 2.24) is 9.78 Å². The van der Waals surface area contributed by atoms with Crippen molar-refractivity contribution in [3.8, 4) is 5.88 Å². The van der Waals surface area contributed by atoms with Gasteiger partial charge in [0.15, 0.2) is 0 Å². The van der Waals surface area contributed by atoms with Crippen LogP contribution in [0.5, 0.6) is 5.88 Å². The minimum absolute atomic E-state index is 0.00564. The van der Waals surface area contributed by atoms with Gasteiger partial charge in [0.25, 0.3) is 11.4 Å². The second-order valence-corrected chi connectivity index (χ2v) is 12.2. The molecule has 0 aliphatic carbocycles.